The zero-order valence-corrected chi connectivity index (χ0v) is 23.2. The molecule has 1 fully saturated rings. The minimum Gasteiger partial charge on any atom is -0.340 e. The molecule has 0 spiro atoms. The van der Waals surface area contributed by atoms with Gasteiger partial charge in [0.15, 0.2) is 0 Å². The van der Waals surface area contributed by atoms with Crippen LogP contribution >= 0.6 is 11.6 Å². The van der Waals surface area contributed by atoms with Gasteiger partial charge in [-0.2, -0.15) is 0 Å². The number of benzene rings is 3. The van der Waals surface area contributed by atoms with Crippen molar-refractivity contribution in [2.45, 2.75) is 53.0 Å². The molecule has 1 N–H and O–H groups in total. The molecule has 0 saturated carbocycles. The van der Waals surface area contributed by atoms with Gasteiger partial charge in [-0.05, 0) is 71.6 Å². The molecule has 2 amide bonds. The number of piperidine rings is 1. The van der Waals surface area contributed by atoms with Gasteiger partial charge in [0.1, 0.15) is 6.04 Å². The van der Waals surface area contributed by atoms with Crippen LogP contribution in [0.1, 0.15) is 61.5 Å². The Morgan fingerprint density at radius 1 is 0.973 bits per heavy atom. The van der Waals surface area contributed by atoms with Crippen molar-refractivity contribution in [3.05, 3.63) is 94.5 Å². The normalized spacial score (nSPS) is 17.9. The zero-order chi connectivity index (χ0) is 26.7. The third-order valence-corrected chi connectivity index (χ3v) is 7.79. The van der Waals surface area contributed by atoms with Crippen molar-refractivity contribution >= 4 is 23.4 Å². The minimum atomic E-state index is -0.585. The Morgan fingerprint density at radius 2 is 1.65 bits per heavy atom. The highest BCUT2D eigenvalue weighted by atomic mass is 35.5. The smallest absolute Gasteiger partial charge is 0.251 e. The first-order chi connectivity index (χ1) is 17.5. The molecular weight excluding hydrogens is 480 g/mol. The molecule has 1 saturated heterocycles. The fourth-order valence-electron chi connectivity index (χ4n) is 5.38. The standard InChI is InChI=1S/C32H37ClN2O2/c1-21(2)29(34-30(36)26-8-6-7-25(19-26)23-11-9-22(3)10-12-23)31(37)35-18-17-28(32(4,5)20-35)24-13-15-27(33)16-14-24/h6-16,19,21,28-29H,17-18,20H2,1-5H3,(H,34,36)/t28-,29-/m1/s1. The SMILES string of the molecule is Cc1ccc(-c2cccc(C(=O)N[C@@H](C(=O)N3CC[C@H](c4ccc(Cl)cc4)C(C)(C)C3)C(C)C)c2)cc1. The molecule has 3 aromatic carbocycles. The van der Waals surface area contributed by atoms with Crippen LogP contribution in [0.5, 0.6) is 0 Å². The summed E-state index contributed by atoms with van der Waals surface area (Å²) in [5.74, 6) is 0.0660. The summed E-state index contributed by atoms with van der Waals surface area (Å²) in [6.45, 7) is 11.8. The molecule has 3 aromatic rings. The lowest BCUT2D eigenvalue weighted by Crippen LogP contribution is -2.55. The number of carbonyl (C=O) groups excluding carboxylic acids is 2. The first-order valence-corrected chi connectivity index (χ1v) is 13.4. The molecule has 37 heavy (non-hydrogen) atoms. The third kappa shape index (κ3) is 6.24. The largest absolute Gasteiger partial charge is 0.340 e. The number of hydrogen-bond donors (Lipinski definition) is 1. The Bertz CT molecular complexity index is 1250. The van der Waals surface area contributed by atoms with Crippen molar-refractivity contribution in [2.24, 2.45) is 11.3 Å². The van der Waals surface area contributed by atoms with Crippen LogP contribution in [-0.2, 0) is 4.79 Å². The van der Waals surface area contributed by atoms with Gasteiger partial charge >= 0.3 is 0 Å². The topological polar surface area (TPSA) is 49.4 Å². The maximum Gasteiger partial charge on any atom is 0.251 e. The average molecular weight is 517 g/mol. The summed E-state index contributed by atoms with van der Waals surface area (Å²) in [6, 6.07) is 23.3. The summed E-state index contributed by atoms with van der Waals surface area (Å²) in [7, 11) is 0. The molecule has 0 aromatic heterocycles. The van der Waals surface area contributed by atoms with Crippen molar-refractivity contribution in [1.29, 1.82) is 0 Å². The second kappa shape index (κ2) is 11.1. The molecule has 0 radical (unpaired) electrons. The Kier molecular flexibility index (Phi) is 8.08. The van der Waals surface area contributed by atoms with E-state index in [2.05, 4.69) is 62.5 Å². The summed E-state index contributed by atoms with van der Waals surface area (Å²) in [5, 5.41) is 3.78. The lowest BCUT2D eigenvalue weighted by molar-refractivity contribution is -0.137. The summed E-state index contributed by atoms with van der Waals surface area (Å²) in [4.78, 5) is 28.9. The molecule has 1 aliphatic rings. The number of carbonyl (C=O) groups is 2. The van der Waals surface area contributed by atoms with E-state index in [1.54, 1.807) is 6.07 Å². The molecule has 0 aliphatic carbocycles. The van der Waals surface area contributed by atoms with Gasteiger partial charge in [0.2, 0.25) is 5.91 Å². The lowest BCUT2D eigenvalue weighted by atomic mass is 9.70. The summed E-state index contributed by atoms with van der Waals surface area (Å²) in [5.41, 5.74) is 4.93. The molecule has 0 bridgehead atoms. The Morgan fingerprint density at radius 3 is 2.27 bits per heavy atom. The fourth-order valence-corrected chi connectivity index (χ4v) is 5.50. The maximum absolute atomic E-state index is 13.7. The van der Waals surface area contributed by atoms with Crippen LogP contribution in [0.4, 0.5) is 0 Å². The van der Waals surface area contributed by atoms with E-state index in [9.17, 15) is 9.59 Å². The first-order valence-electron chi connectivity index (χ1n) is 13.1. The molecule has 4 rings (SSSR count). The number of likely N-dealkylation sites (tertiary alicyclic amines) is 1. The fraction of sp³-hybridized carbons (Fsp3) is 0.375. The van der Waals surface area contributed by atoms with Gasteiger partial charge in [0, 0.05) is 23.7 Å². The molecule has 2 atom stereocenters. The summed E-state index contributed by atoms with van der Waals surface area (Å²) < 4.78 is 0. The van der Waals surface area contributed by atoms with Gasteiger partial charge in [-0.3, -0.25) is 9.59 Å². The van der Waals surface area contributed by atoms with Crippen LogP contribution in [0.15, 0.2) is 72.8 Å². The van der Waals surface area contributed by atoms with Crippen LogP contribution in [0.25, 0.3) is 11.1 Å². The third-order valence-electron chi connectivity index (χ3n) is 7.54. The van der Waals surface area contributed by atoms with E-state index >= 15 is 0 Å². The zero-order valence-electron chi connectivity index (χ0n) is 22.4. The molecule has 194 valence electrons. The van der Waals surface area contributed by atoms with Crippen molar-refractivity contribution in [1.82, 2.24) is 10.2 Å². The van der Waals surface area contributed by atoms with Crippen LogP contribution in [0, 0.1) is 18.3 Å². The first kappa shape index (κ1) is 26.9. The van der Waals surface area contributed by atoms with E-state index in [4.69, 9.17) is 11.6 Å². The second-order valence-corrected chi connectivity index (χ2v) is 11.7. The van der Waals surface area contributed by atoms with Gasteiger partial charge in [0.05, 0.1) is 0 Å². The van der Waals surface area contributed by atoms with Crippen LogP contribution in [0.2, 0.25) is 5.02 Å². The van der Waals surface area contributed by atoms with Crippen LogP contribution in [0.3, 0.4) is 0 Å². The highest BCUT2D eigenvalue weighted by Crippen LogP contribution is 2.42. The van der Waals surface area contributed by atoms with E-state index in [0.29, 0.717) is 24.6 Å². The number of halogens is 1. The minimum absolute atomic E-state index is 0.0133. The van der Waals surface area contributed by atoms with Crippen molar-refractivity contribution in [3.8, 4) is 11.1 Å². The van der Waals surface area contributed by atoms with Crippen LogP contribution < -0.4 is 5.32 Å². The predicted molar refractivity (Wildman–Crippen MR) is 152 cm³/mol. The highest BCUT2D eigenvalue weighted by molar-refractivity contribution is 6.30. The molecule has 1 aliphatic heterocycles. The van der Waals surface area contributed by atoms with Gasteiger partial charge in [-0.1, -0.05) is 93.4 Å². The van der Waals surface area contributed by atoms with E-state index in [0.717, 1.165) is 22.6 Å². The maximum atomic E-state index is 13.7. The monoisotopic (exact) mass is 516 g/mol. The Labute approximate surface area is 226 Å². The molecule has 1 heterocycles. The average Bonchev–Trinajstić information content (AvgIpc) is 2.87. The Balaban J connectivity index is 1.47. The number of nitrogens with one attached hydrogen (secondary N) is 1. The van der Waals surface area contributed by atoms with E-state index < -0.39 is 6.04 Å². The number of amides is 2. The number of rotatable bonds is 6. The van der Waals surface area contributed by atoms with E-state index in [1.807, 2.05) is 49.1 Å². The predicted octanol–water partition coefficient (Wildman–Crippen LogP) is 7.11. The molecule has 5 heteroatoms. The summed E-state index contributed by atoms with van der Waals surface area (Å²) in [6.07, 6.45) is 0.873. The van der Waals surface area contributed by atoms with E-state index in [1.165, 1.54) is 11.1 Å². The van der Waals surface area contributed by atoms with Crippen molar-refractivity contribution in [2.75, 3.05) is 13.1 Å². The van der Waals surface area contributed by atoms with Gasteiger partial charge in [-0.15, -0.1) is 0 Å². The Hall–Kier alpha value is -3.11. The molecule has 4 nitrogen and oxygen atoms in total. The van der Waals surface area contributed by atoms with Gasteiger partial charge in [-0.25, -0.2) is 0 Å². The lowest BCUT2D eigenvalue weighted by Gasteiger charge is -2.45. The van der Waals surface area contributed by atoms with E-state index in [-0.39, 0.29) is 23.1 Å². The van der Waals surface area contributed by atoms with Crippen molar-refractivity contribution in [3.63, 3.8) is 0 Å². The van der Waals surface area contributed by atoms with Gasteiger partial charge < -0.3 is 10.2 Å². The van der Waals surface area contributed by atoms with Crippen molar-refractivity contribution < 1.29 is 9.59 Å². The number of hydrogen-bond acceptors (Lipinski definition) is 2. The summed E-state index contributed by atoms with van der Waals surface area (Å²) >= 11 is 6.09. The van der Waals surface area contributed by atoms with Gasteiger partial charge in [0.25, 0.3) is 5.91 Å². The number of aryl methyl sites for hydroxylation is 1. The quantitative estimate of drug-likeness (QED) is 0.379. The number of nitrogens with zero attached hydrogens (tertiary/aromatic N) is 1. The molecule has 0 unspecified atom stereocenters. The second-order valence-electron chi connectivity index (χ2n) is 11.3. The highest BCUT2D eigenvalue weighted by Gasteiger charge is 2.40. The molecular formula is C32H37ClN2O2. The van der Waals surface area contributed by atoms with Crippen LogP contribution in [-0.4, -0.2) is 35.8 Å².